The topological polar surface area (TPSA) is 73.1 Å². The summed E-state index contributed by atoms with van der Waals surface area (Å²) in [5.41, 5.74) is 3.34. The molecule has 1 saturated carbocycles. The lowest BCUT2D eigenvalue weighted by atomic mass is 10.1. The smallest absolute Gasteiger partial charge is 0.255 e. The molecule has 7 heteroatoms. The van der Waals surface area contributed by atoms with Crippen LogP contribution < -0.4 is 0 Å². The molecule has 1 unspecified atom stereocenters. The second-order valence-electron chi connectivity index (χ2n) is 8.34. The van der Waals surface area contributed by atoms with E-state index in [-0.39, 0.29) is 12.0 Å². The van der Waals surface area contributed by atoms with Crippen molar-refractivity contribution < 1.29 is 9.53 Å². The number of amides is 1. The van der Waals surface area contributed by atoms with E-state index in [4.69, 9.17) is 4.74 Å². The highest BCUT2D eigenvalue weighted by atomic mass is 16.5. The van der Waals surface area contributed by atoms with Crippen molar-refractivity contribution in [1.82, 2.24) is 24.4 Å². The average Bonchev–Trinajstić information content (AvgIpc) is 3.47. The average molecular weight is 406 g/mol. The number of aromatic nitrogens is 4. The minimum Gasteiger partial charge on any atom is -0.372 e. The van der Waals surface area contributed by atoms with Gasteiger partial charge in [-0.3, -0.25) is 9.78 Å². The highest BCUT2D eigenvalue weighted by Gasteiger charge is 2.26. The van der Waals surface area contributed by atoms with Crippen LogP contribution >= 0.6 is 0 Å². The van der Waals surface area contributed by atoms with Crippen LogP contribution in [0.25, 0.3) is 11.2 Å². The molecule has 156 valence electrons. The summed E-state index contributed by atoms with van der Waals surface area (Å²) in [6, 6.07) is 6.29. The minimum absolute atomic E-state index is 0.00879. The molecule has 0 aromatic carbocycles. The largest absolute Gasteiger partial charge is 0.372 e. The van der Waals surface area contributed by atoms with Crippen molar-refractivity contribution in [2.45, 2.75) is 57.3 Å². The van der Waals surface area contributed by atoms with Crippen molar-refractivity contribution in [3.05, 3.63) is 54.2 Å². The highest BCUT2D eigenvalue weighted by Crippen LogP contribution is 2.31. The van der Waals surface area contributed by atoms with E-state index in [1.54, 1.807) is 12.4 Å². The third-order valence-corrected chi connectivity index (χ3v) is 6.25. The first-order chi connectivity index (χ1) is 14.8. The Balaban J connectivity index is 1.26. The van der Waals surface area contributed by atoms with Gasteiger partial charge in [0.1, 0.15) is 5.52 Å². The summed E-state index contributed by atoms with van der Waals surface area (Å²) < 4.78 is 8.23. The van der Waals surface area contributed by atoms with E-state index in [9.17, 15) is 4.79 Å². The van der Waals surface area contributed by atoms with Crippen LogP contribution in [0.5, 0.6) is 0 Å². The van der Waals surface area contributed by atoms with E-state index in [2.05, 4.69) is 19.5 Å². The Morgan fingerprint density at radius 3 is 2.87 bits per heavy atom. The van der Waals surface area contributed by atoms with E-state index in [0.29, 0.717) is 24.8 Å². The monoisotopic (exact) mass is 405 g/mol. The molecular weight excluding hydrogens is 378 g/mol. The van der Waals surface area contributed by atoms with Crippen LogP contribution in [-0.2, 0) is 11.3 Å². The van der Waals surface area contributed by atoms with Crippen LogP contribution in [0.15, 0.2) is 43.1 Å². The molecule has 1 atom stereocenters. The van der Waals surface area contributed by atoms with Crippen molar-refractivity contribution in [2.24, 2.45) is 0 Å². The Morgan fingerprint density at radius 1 is 1.13 bits per heavy atom. The number of carbonyl (C=O) groups excluding carboxylic acids is 1. The fourth-order valence-corrected chi connectivity index (χ4v) is 4.62. The number of fused-ring (bicyclic) bond motifs is 1. The number of piperidine rings is 1. The Morgan fingerprint density at radius 2 is 2.03 bits per heavy atom. The van der Waals surface area contributed by atoms with E-state index in [1.807, 2.05) is 35.6 Å². The fourth-order valence-electron chi connectivity index (χ4n) is 4.62. The summed E-state index contributed by atoms with van der Waals surface area (Å²) in [7, 11) is 0. The Bertz CT molecular complexity index is 1010. The van der Waals surface area contributed by atoms with Crippen LogP contribution in [0.2, 0.25) is 0 Å². The van der Waals surface area contributed by atoms with Crippen LogP contribution in [0.3, 0.4) is 0 Å². The molecule has 0 bridgehead atoms. The molecule has 7 nitrogen and oxygen atoms in total. The highest BCUT2D eigenvalue weighted by molar-refractivity contribution is 5.96. The van der Waals surface area contributed by atoms with Gasteiger partial charge < -0.3 is 14.2 Å². The van der Waals surface area contributed by atoms with E-state index in [1.165, 1.54) is 25.7 Å². The first-order valence-corrected chi connectivity index (χ1v) is 10.9. The van der Waals surface area contributed by atoms with E-state index >= 15 is 0 Å². The van der Waals surface area contributed by atoms with Gasteiger partial charge in [-0.25, -0.2) is 9.97 Å². The summed E-state index contributed by atoms with van der Waals surface area (Å²) in [4.78, 5) is 28.3. The minimum atomic E-state index is 0.00879. The Hall–Kier alpha value is -2.80. The van der Waals surface area contributed by atoms with Crippen molar-refractivity contribution in [1.29, 1.82) is 0 Å². The summed E-state index contributed by atoms with van der Waals surface area (Å²) in [6.07, 6.45) is 14.0. The maximum atomic E-state index is 13.1. The molecule has 0 radical (unpaired) electrons. The molecule has 30 heavy (non-hydrogen) atoms. The van der Waals surface area contributed by atoms with Gasteiger partial charge in [-0.2, -0.15) is 0 Å². The van der Waals surface area contributed by atoms with Gasteiger partial charge in [0.15, 0.2) is 5.65 Å². The number of hydrogen-bond donors (Lipinski definition) is 0. The quantitative estimate of drug-likeness (QED) is 0.646. The molecule has 2 fully saturated rings. The van der Waals surface area contributed by atoms with Gasteiger partial charge in [0, 0.05) is 37.7 Å². The first-order valence-electron chi connectivity index (χ1n) is 10.9. The number of nitrogens with zero attached hydrogens (tertiary/aromatic N) is 5. The molecule has 1 aliphatic heterocycles. The Kier molecular flexibility index (Phi) is 5.45. The number of imidazole rings is 1. The molecule has 5 rings (SSSR count). The number of pyridine rings is 2. The van der Waals surface area contributed by atoms with Gasteiger partial charge in [-0.05, 0) is 43.4 Å². The SMILES string of the molecule is O=C(c1cnc2c(c1)ncn2C1CCCC1)N1CCCC(OCc2cccnc2)C1. The molecular formula is C23H27N5O2. The van der Waals surface area contributed by atoms with Gasteiger partial charge in [-0.15, -0.1) is 0 Å². The zero-order valence-corrected chi connectivity index (χ0v) is 17.1. The van der Waals surface area contributed by atoms with E-state index < -0.39 is 0 Å². The molecule has 2 aliphatic rings. The standard InChI is InChI=1S/C23H27N5O2/c29-23(27-10-4-8-20(14-27)30-15-17-5-3-9-24-12-17)18-11-21-22(25-13-18)28(16-26-21)19-6-1-2-7-19/h3,5,9,11-13,16,19-20H,1-2,4,6-8,10,14-15H2. The third kappa shape index (κ3) is 3.94. The summed E-state index contributed by atoms with van der Waals surface area (Å²) >= 11 is 0. The van der Waals surface area contributed by atoms with Crippen molar-refractivity contribution in [3.63, 3.8) is 0 Å². The molecule has 1 saturated heterocycles. The maximum Gasteiger partial charge on any atom is 0.255 e. The van der Waals surface area contributed by atoms with Gasteiger partial charge in [0.25, 0.3) is 5.91 Å². The van der Waals surface area contributed by atoms with Crippen LogP contribution in [0.1, 0.15) is 60.5 Å². The fraction of sp³-hybridized carbons (Fsp3) is 0.478. The first kappa shape index (κ1) is 19.2. The molecule has 0 N–H and O–H groups in total. The van der Waals surface area contributed by atoms with E-state index in [0.717, 1.165) is 36.1 Å². The van der Waals surface area contributed by atoms with Crippen LogP contribution in [0, 0.1) is 0 Å². The van der Waals surface area contributed by atoms with Crippen LogP contribution in [-0.4, -0.2) is 49.5 Å². The number of rotatable bonds is 5. The van der Waals surface area contributed by atoms with Gasteiger partial charge >= 0.3 is 0 Å². The van der Waals surface area contributed by atoms with Gasteiger partial charge in [0.2, 0.25) is 0 Å². The van der Waals surface area contributed by atoms with Crippen molar-refractivity contribution in [2.75, 3.05) is 13.1 Å². The predicted molar refractivity (Wildman–Crippen MR) is 113 cm³/mol. The molecule has 1 amide bonds. The molecule has 4 heterocycles. The van der Waals surface area contributed by atoms with Gasteiger partial charge in [0.05, 0.1) is 24.6 Å². The molecule has 3 aromatic rings. The summed E-state index contributed by atoms with van der Waals surface area (Å²) in [5, 5.41) is 0. The third-order valence-electron chi connectivity index (χ3n) is 6.25. The Labute approximate surface area is 176 Å². The number of ether oxygens (including phenoxy) is 1. The summed E-state index contributed by atoms with van der Waals surface area (Å²) in [6.45, 7) is 1.88. The second-order valence-corrected chi connectivity index (χ2v) is 8.34. The van der Waals surface area contributed by atoms with Crippen molar-refractivity contribution >= 4 is 17.1 Å². The lowest BCUT2D eigenvalue weighted by Crippen LogP contribution is -2.43. The lowest BCUT2D eigenvalue weighted by molar-refractivity contribution is -0.00681. The normalized spacial score (nSPS) is 20.1. The summed E-state index contributed by atoms with van der Waals surface area (Å²) in [5.74, 6) is 0.00879. The second kappa shape index (κ2) is 8.52. The number of likely N-dealkylation sites (tertiary alicyclic amines) is 1. The van der Waals surface area contributed by atoms with Crippen LogP contribution in [0.4, 0.5) is 0 Å². The van der Waals surface area contributed by atoms with Crippen molar-refractivity contribution in [3.8, 4) is 0 Å². The van der Waals surface area contributed by atoms with Gasteiger partial charge in [-0.1, -0.05) is 18.9 Å². The number of carbonyl (C=O) groups is 1. The lowest BCUT2D eigenvalue weighted by Gasteiger charge is -2.32. The molecule has 1 aliphatic carbocycles. The zero-order chi connectivity index (χ0) is 20.3. The maximum absolute atomic E-state index is 13.1. The predicted octanol–water partition coefficient (Wildman–Crippen LogP) is 3.76. The number of hydrogen-bond acceptors (Lipinski definition) is 5. The molecule has 0 spiro atoms. The zero-order valence-electron chi connectivity index (χ0n) is 17.1. The molecule has 3 aromatic heterocycles.